The number of hydrogen-bond acceptors (Lipinski definition) is 4. The second-order valence-corrected chi connectivity index (χ2v) is 6.18. The van der Waals surface area contributed by atoms with E-state index in [0.717, 1.165) is 16.6 Å². The zero-order valence-electron chi connectivity index (χ0n) is 13.7. The average Bonchev–Trinajstić information content (AvgIpc) is 3.20. The van der Waals surface area contributed by atoms with Gasteiger partial charge in [-0.3, -0.25) is 19.3 Å². The van der Waals surface area contributed by atoms with Gasteiger partial charge in [0.05, 0.1) is 23.3 Å². The van der Waals surface area contributed by atoms with E-state index in [-0.39, 0.29) is 24.2 Å². The summed E-state index contributed by atoms with van der Waals surface area (Å²) < 4.78 is 1.64. The van der Waals surface area contributed by atoms with Crippen LogP contribution in [0.3, 0.4) is 0 Å². The molecule has 1 aliphatic rings. The maximum absolute atomic E-state index is 12.6. The van der Waals surface area contributed by atoms with Crippen LogP contribution in [0.15, 0.2) is 48.9 Å². The quantitative estimate of drug-likeness (QED) is 0.793. The van der Waals surface area contributed by atoms with E-state index in [1.807, 2.05) is 30.3 Å². The van der Waals surface area contributed by atoms with Crippen molar-refractivity contribution in [2.45, 2.75) is 6.42 Å². The fraction of sp³-hybridized carbons (Fsp3) is 0.222. The predicted molar refractivity (Wildman–Crippen MR) is 94.0 cm³/mol. The van der Waals surface area contributed by atoms with E-state index in [0.29, 0.717) is 12.2 Å². The molecule has 3 heterocycles. The zero-order valence-corrected chi connectivity index (χ0v) is 13.7. The molecule has 1 aliphatic heterocycles. The van der Waals surface area contributed by atoms with Crippen molar-refractivity contribution in [3.63, 3.8) is 0 Å². The van der Waals surface area contributed by atoms with Crippen LogP contribution in [0.1, 0.15) is 6.42 Å². The average molecular weight is 335 g/mol. The van der Waals surface area contributed by atoms with Crippen molar-refractivity contribution >= 4 is 34.1 Å². The molecule has 2 amide bonds. The smallest absolute Gasteiger partial charge is 0.229 e. The molecule has 1 fully saturated rings. The highest BCUT2D eigenvalue weighted by Gasteiger charge is 2.35. The lowest BCUT2D eigenvalue weighted by Gasteiger charge is -2.14. The van der Waals surface area contributed by atoms with Crippen molar-refractivity contribution in [3.8, 4) is 0 Å². The number of rotatable bonds is 3. The third-order valence-electron chi connectivity index (χ3n) is 4.37. The Labute approximate surface area is 144 Å². The topological polar surface area (TPSA) is 80.1 Å². The molecular formula is C18H17N5O2. The molecule has 1 saturated heterocycles. The summed E-state index contributed by atoms with van der Waals surface area (Å²) in [6, 6.07) is 9.38. The second kappa shape index (κ2) is 6.01. The van der Waals surface area contributed by atoms with Gasteiger partial charge in [0.1, 0.15) is 0 Å². The Hall–Kier alpha value is -3.22. The van der Waals surface area contributed by atoms with Crippen molar-refractivity contribution in [1.82, 2.24) is 14.8 Å². The summed E-state index contributed by atoms with van der Waals surface area (Å²) in [6.45, 7) is 0.367. The molecule has 0 saturated carbocycles. The summed E-state index contributed by atoms with van der Waals surface area (Å²) in [7, 11) is 1.79. The molecule has 25 heavy (non-hydrogen) atoms. The molecule has 0 radical (unpaired) electrons. The highest BCUT2D eigenvalue weighted by molar-refractivity contribution is 6.03. The van der Waals surface area contributed by atoms with Crippen LogP contribution in [0, 0.1) is 5.92 Å². The number of hydrogen-bond donors (Lipinski definition) is 1. The van der Waals surface area contributed by atoms with E-state index < -0.39 is 0 Å². The highest BCUT2D eigenvalue weighted by atomic mass is 16.2. The Morgan fingerprint density at radius 1 is 1.32 bits per heavy atom. The first-order valence-electron chi connectivity index (χ1n) is 8.05. The van der Waals surface area contributed by atoms with Crippen molar-refractivity contribution < 1.29 is 9.59 Å². The van der Waals surface area contributed by atoms with E-state index in [2.05, 4.69) is 15.4 Å². The fourth-order valence-corrected chi connectivity index (χ4v) is 3.08. The Balaban J connectivity index is 1.48. The first-order valence-corrected chi connectivity index (χ1v) is 8.05. The van der Waals surface area contributed by atoms with Gasteiger partial charge in [-0.15, -0.1) is 0 Å². The number of amides is 2. The SMILES string of the molecule is Cn1cc(N2CC(C(=O)Nc3ccc4ncccc4c3)CC2=O)cn1. The molecule has 126 valence electrons. The largest absolute Gasteiger partial charge is 0.326 e. The molecule has 4 rings (SSSR count). The zero-order chi connectivity index (χ0) is 17.4. The minimum Gasteiger partial charge on any atom is -0.326 e. The van der Waals surface area contributed by atoms with Crippen LogP contribution in [-0.2, 0) is 16.6 Å². The van der Waals surface area contributed by atoms with Gasteiger partial charge in [0, 0.05) is 43.5 Å². The van der Waals surface area contributed by atoms with Crippen LogP contribution in [0.5, 0.6) is 0 Å². The molecule has 0 bridgehead atoms. The first-order chi connectivity index (χ1) is 12.1. The normalized spacial score (nSPS) is 17.2. The van der Waals surface area contributed by atoms with Gasteiger partial charge in [-0.25, -0.2) is 0 Å². The van der Waals surface area contributed by atoms with Crippen molar-refractivity contribution in [2.75, 3.05) is 16.8 Å². The summed E-state index contributed by atoms with van der Waals surface area (Å²) in [6.07, 6.45) is 5.34. The minimum absolute atomic E-state index is 0.0594. The van der Waals surface area contributed by atoms with Gasteiger partial charge in [-0.05, 0) is 24.3 Å². The Morgan fingerprint density at radius 2 is 2.20 bits per heavy atom. The number of carbonyl (C=O) groups is 2. The molecule has 0 spiro atoms. The third-order valence-corrected chi connectivity index (χ3v) is 4.37. The van der Waals surface area contributed by atoms with Crippen molar-refractivity contribution in [3.05, 3.63) is 48.9 Å². The number of pyridine rings is 1. The van der Waals surface area contributed by atoms with Crippen molar-refractivity contribution in [1.29, 1.82) is 0 Å². The lowest BCUT2D eigenvalue weighted by molar-refractivity contribution is -0.122. The van der Waals surface area contributed by atoms with E-state index in [1.54, 1.807) is 35.2 Å². The molecule has 0 aliphatic carbocycles. The van der Waals surface area contributed by atoms with Crippen molar-refractivity contribution in [2.24, 2.45) is 13.0 Å². The highest BCUT2D eigenvalue weighted by Crippen LogP contribution is 2.26. The van der Waals surface area contributed by atoms with Crippen LogP contribution in [0.4, 0.5) is 11.4 Å². The third kappa shape index (κ3) is 2.96. The summed E-state index contributed by atoms with van der Waals surface area (Å²) in [4.78, 5) is 30.7. The Morgan fingerprint density at radius 3 is 3.00 bits per heavy atom. The number of nitrogens with zero attached hydrogens (tertiary/aromatic N) is 4. The van der Waals surface area contributed by atoms with E-state index >= 15 is 0 Å². The van der Waals surface area contributed by atoms with E-state index in [1.165, 1.54) is 0 Å². The van der Waals surface area contributed by atoms with Crippen LogP contribution in [-0.4, -0.2) is 33.1 Å². The summed E-state index contributed by atoms with van der Waals surface area (Å²) >= 11 is 0. The van der Waals surface area contributed by atoms with Gasteiger partial charge in [-0.2, -0.15) is 5.10 Å². The monoisotopic (exact) mass is 335 g/mol. The number of aromatic nitrogens is 3. The lowest BCUT2D eigenvalue weighted by Crippen LogP contribution is -2.27. The number of benzene rings is 1. The number of nitrogens with one attached hydrogen (secondary N) is 1. The van der Waals surface area contributed by atoms with E-state index in [9.17, 15) is 9.59 Å². The molecule has 2 aromatic heterocycles. The molecule has 1 unspecified atom stereocenters. The summed E-state index contributed by atoms with van der Waals surface area (Å²) in [5.74, 6) is -0.587. The van der Waals surface area contributed by atoms with Gasteiger partial charge in [0.2, 0.25) is 11.8 Å². The van der Waals surface area contributed by atoms with Gasteiger partial charge in [-0.1, -0.05) is 6.07 Å². The van der Waals surface area contributed by atoms with Gasteiger partial charge < -0.3 is 10.2 Å². The molecular weight excluding hydrogens is 318 g/mol. The van der Waals surface area contributed by atoms with Crippen LogP contribution in [0.2, 0.25) is 0 Å². The Kier molecular flexibility index (Phi) is 3.68. The number of anilines is 2. The number of carbonyl (C=O) groups excluding carboxylic acids is 2. The number of fused-ring (bicyclic) bond motifs is 1. The van der Waals surface area contributed by atoms with Gasteiger partial charge in [0.15, 0.2) is 0 Å². The Bertz CT molecular complexity index is 965. The molecule has 1 atom stereocenters. The molecule has 7 heteroatoms. The predicted octanol–water partition coefficient (Wildman–Crippen LogP) is 1.96. The van der Waals surface area contributed by atoms with Gasteiger partial charge in [0.25, 0.3) is 0 Å². The second-order valence-electron chi connectivity index (χ2n) is 6.18. The van der Waals surface area contributed by atoms with Crippen LogP contribution in [0.25, 0.3) is 10.9 Å². The molecule has 7 nitrogen and oxygen atoms in total. The minimum atomic E-state index is -0.377. The molecule has 1 aromatic carbocycles. The summed E-state index contributed by atoms with van der Waals surface area (Å²) in [5.41, 5.74) is 2.30. The summed E-state index contributed by atoms with van der Waals surface area (Å²) in [5, 5.41) is 7.94. The fourth-order valence-electron chi connectivity index (χ4n) is 3.08. The maximum atomic E-state index is 12.6. The van der Waals surface area contributed by atoms with Crippen LogP contribution >= 0.6 is 0 Å². The standard InChI is InChI=1S/C18H17N5O2/c1-22-11-15(9-20-22)23-10-13(8-17(23)24)18(25)21-14-4-5-16-12(7-14)3-2-6-19-16/h2-7,9,11,13H,8,10H2,1H3,(H,21,25). The van der Waals surface area contributed by atoms with Crippen LogP contribution < -0.4 is 10.2 Å². The van der Waals surface area contributed by atoms with Gasteiger partial charge >= 0.3 is 0 Å². The lowest BCUT2D eigenvalue weighted by atomic mass is 10.1. The van der Waals surface area contributed by atoms with E-state index in [4.69, 9.17) is 0 Å². The first kappa shape index (κ1) is 15.3. The molecule has 1 N–H and O–H groups in total. The molecule has 3 aromatic rings. The number of aryl methyl sites for hydroxylation is 1. The maximum Gasteiger partial charge on any atom is 0.229 e.